The predicted octanol–water partition coefficient (Wildman–Crippen LogP) is 3.54. The Balaban J connectivity index is 1.33. The Labute approximate surface area is 207 Å². The summed E-state index contributed by atoms with van der Waals surface area (Å²) in [7, 11) is 0. The first-order valence-electron chi connectivity index (χ1n) is 11.7. The van der Waals surface area contributed by atoms with Crippen molar-refractivity contribution >= 4 is 51.8 Å². The highest BCUT2D eigenvalue weighted by Crippen LogP contribution is 2.34. The quantitative estimate of drug-likeness (QED) is 0.486. The van der Waals surface area contributed by atoms with Crippen LogP contribution in [-0.4, -0.2) is 59.0 Å². The first-order valence-corrected chi connectivity index (χ1v) is 12.1. The van der Waals surface area contributed by atoms with Crippen LogP contribution in [0.15, 0.2) is 34.9 Å². The number of hydrogen-bond acceptors (Lipinski definition) is 8. The lowest BCUT2D eigenvalue weighted by atomic mass is 9.84. The molecule has 0 radical (unpaired) electrons. The zero-order valence-electron chi connectivity index (χ0n) is 19.1. The fourth-order valence-electron chi connectivity index (χ4n) is 4.76. The van der Waals surface area contributed by atoms with Gasteiger partial charge in [0.05, 0.1) is 18.2 Å². The lowest BCUT2D eigenvalue weighted by Crippen LogP contribution is -2.45. The van der Waals surface area contributed by atoms with Gasteiger partial charge in [0.2, 0.25) is 11.7 Å². The fourth-order valence-corrected chi connectivity index (χ4v) is 4.87. The number of nitrogen functional groups attached to an aromatic ring is 1. The van der Waals surface area contributed by atoms with Crippen molar-refractivity contribution in [1.29, 1.82) is 0 Å². The van der Waals surface area contributed by atoms with Gasteiger partial charge in [0.25, 0.3) is 5.91 Å². The van der Waals surface area contributed by atoms with Gasteiger partial charge in [-0.2, -0.15) is 0 Å². The van der Waals surface area contributed by atoms with Crippen molar-refractivity contribution in [2.45, 2.75) is 31.7 Å². The number of furan rings is 1. The number of anilines is 3. The normalized spacial score (nSPS) is 21.1. The zero-order chi connectivity index (χ0) is 24.4. The number of pyridine rings is 2. The van der Waals surface area contributed by atoms with Gasteiger partial charge in [0, 0.05) is 31.2 Å². The molecule has 1 aliphatic carbocycles. The molecule has 1 aliphatic heterocycles. The molecule has 2 aliphatic rings. The van der Waals surface area contributed by atoms with E-state index in [0.29, 0.717) is 28.0 Å². The summed E-state index contributed by atoms with van der Waals surface area (Å²) in [4.78, 5) is 37.1. The summed E-state index contributed by atoms with van der Waals surface area (Å²) in [6.45, 7) is 3.41. The maximum atomic E-state index is 13.2. The highest BCUT2D eigenvalue weighted by atomic mass is 35.5. The predicted molar refractivity (Wildman–Crippen MR) is 132 cm³/mol. The van der Waals surface area contributed by atoms with Crippen LogP contribution in [0.5, 0.6) is 0 Å². The van der Waals surface area contributed by atoms with Gasteiger partial charge in [-0.05, 0) is 49.9 Å². The van der Waals surface area contributed by atoms with Gasteiger partial charge in [0.15, 0.2) is 5.58 Å². The van der Waals surface area contributed by atoms with Crippen molar-refractivity contribution in [2.24, 2.45) is 5.92 Å². The molecule has 2 fully saturated rings. The minimum atomic E-state index is -0.567. The van der Waals surface area contributed by atoms with Crippen LogP contribution in [0.1, 0.15) is 36.2 Å². The van der Waals surface area contributed by atoms with Crippen LogP contribution in [0.2, 0.25) is 5.02 Å². The largest absolute Gasteiger partial charge is 0.447 e. The Kier molecular flexibility index (Phi) is 6.85. The van der Waals surface area contributed by atoms with Crippen molar-refractivity contribution in [1.82, 2.24) is 14.9 Å². The molecule has 0 atom stereocenters. The minimum absolute atomic E-state index is 0.0646. The van der Waals surface area contributed by atoms with E-state index in [0.717, 1.165) is 52.0 Å². The lowest BCUT2D eigenvalue weighted by molar-refractivity contribution is -0.121. The van der Waals surface area contributed by atoms with E-state index in [9.17, 15) is 9.59 Å². The van der Waals surface area contributed by atoms with E-state index in [2.05, 4.69) is 25.5 Å². The lowest BCUT2D eigenvalue weighted by Gasteiger charge is -2.38. The van der Waals surface area contributed by atoms with E-state index in [1.807, 2.05) is 0 Å². The van der Waals surface area contributed by atoms with E-state index in [-0.39, 0.29) is 29.1 Å². The summed E-state index contributed by atoms with van der Waals surface area (Å²) in [6.07, 6.45) is 4.87. The van der Waals surface area contributed by atoms with Gasteiger partial charge in [-0.3, -0.25) is 14.5 Å². The number of amides is 2. The second kappa shape index (κ2) is 10.2. The van der Waals surface area contributed by atoms with Gasteiger partial charge < -0.3 is 25.5 Å². The molecule has 10 nitrogen and oxygen atoms in total. The number of aromatic nitrogens is 2. The molecule has 1 saturated carbocycles. The molecule has 0 unspecified atom stereocenters. The number of morpholine rings is 1. The molecule has 4 N–H and O–H groups in total. The number of nitrogens with zero attached hydrogens (tertiary/aromatic N) is 3. The number of rotatable bonds is 5. The Hall–Kier alpha value is -3.21. The second-order valence-corrected chi connectivity index (χ2v) is 9.28. The third kappa shape index (κ3) is 5.24. The molecule has 11 heteroatoms. The van der Waals surface area contributed by atoms with Gasteiger partial charge in [-0.15, -0.1) is 0 Å². The van der Waals surface area contributed by atoms with Crippen molar-refractivity contribution in [3.8, 4) is 0 Å². The van der Waals surface area contributed by atoms with Crippen LogP contribution in [0.25, 0.3) is 11.1 Å². The van der Waals surface area contributed by atoms with Crippen LogP contribution >= 0.6 is 11.6 Å². The number of hydrogen-bond donors (Lipinski definition) is 3. The molecule has 1 saturated heterocycles. The summed E-state index contributed by atoms with van der Waals surface area (Å²) >= 11 is 5.87. The van der Waals surface area contributed by atoms with E-state index >= 15 is 0 Å². The van der Waals surface area contributed by atoms with Crippen molar-refractivity contribution < 1.29 is 18.7 Å². The molecule has 35 heavy (non-hydrogen) atoms. The molecule has 0 bridgehead atoms. The zero-order valence-corrected chi connectivity index (χ0v) is 19.9. The van der Waals surface area contributed by atoms with Crippen molar-refractivity contribution in [3.05, 3.63) is 41.2 Å². The number of carbonyl (C=O) groups is 2. The van der Waals surface area contributed by atoms with E-state index in [1.54, 1.807) is 24.3 Å². The third-order valence-corrected chi connectivity index (χ3v) is 6.83. The maximum absolute atomic E-state index is 13.2. The second-order valence-electron chi connectivity index (χ2n) is 8.85. The first kappa shape index (κ1) is 23.5. The highest BCUT2D eigenvalue weighted by molar-refractivity contribution is 6.30. The summed E-state index contributed by atoms with van der Waals surface area (Å²) in [5.41, 5.74) is 6.76. The number of nitrogens with one attached hydrogen (secondary N) is 2. The van der Waals surface area contributed by atoms with Gasteiger partial charge >= 0.3 is 0 Å². The number of ether oxygens (including phenoxy) is 1. The van der Waals surface area contributed by atoms with E-state index in [4.69, 9.17) is 26.5 Å². The molecule has 5 rings (SSSR count). The van der Waals surface area contributed by atoms with E-state index in [1.165, 1.54) is 6.20 Å². The van der Waals surface area contributed by atoms with Crippen LogP contribution in [0, 0.1) is 5.92 Å². The molecule has 0 aromatic carbocycles. The molecule has 2 amide bonds. The average molecular weight is 499 g/mol. The average Bonchev–Trinajstić information content (AvgIpc) is 3.23. The number of carbonyl (C=O) groups excluding carboxylic acids is 2. The smallest absolute Gasteiger partial charge is 0.294 e. The molecule has 3 aromatic rings. The Morgan fingerprint density at radius 3 is 2.54 bits per heavy atom. The first-order chi connectivity index (χ1) is 17.0. The molecule has 3 aromatic heterocycles. The number of halogens is 1. The van der Waals surface area contributed by atoms with Crippen LogP contribution in [0.3, 0.4) is 0 Å². The Morgan fingerprint density at radius 2 is 1.83 bits per heavy atom. The summed E-state index contributed by atoms with van der Waals surface area (Å²) < 4.78 is 11.2. The van der Waals surface area contributed by atoms with Gasteiger partial charge in [-0.1, -0.05) is 11.6 Å². The standard InChI is InChI=1S/C24H27ClN6O4/c25-15-3-8-19(27-13-15)29-24(33)22-21(20-17(35-22)6-7-18(26)28-20)30-23(32)14-1-4-16(5-2-14)31-9-11-34-12-10-31/h3,6-8,13-14,16H,1-2,4-5,9-12H2,(H2,26,28)(H,30,32)(H,27,29,33). The molecular formula is C24H27ClN6O4. The Morgan fingerprint density at radius 1 is 1.06 bits per heavy atom. The molecule has 4 heterocycles. The summed E-state index contributed by atoms with van der Waals surface area (Å²) in [6, 6.07) is 6.86. The van der Waals surface area contributed by atoms with Crippen LogP contribution in [-0.2, 0) is 9.53 Å². The maximum Gasteiger partial charge on any atom is 0.294 e. The SMILES string of the molecule is Nc1ccc2oc(C(=O)Nc3ccc(Cl)cn3)c(NC(=O)C3CCC(N4CCOCC4)CC3)c2n1. The van der Waals surface area contributed by atoms with Crippen LogP contribution < -0.4 is 16.4 Å². The van der Waals surface area contributed by atoms with Gasteiger partial charge in [0.1, 0.15) is 22.8 Å². The molecule has 0 spiro atoms. The number of nitrogens with two attached hydrogens (primary N) is 1. The number of fused-ring (bicyclic) bond motifs is 1. The highest BCUT2D eigenvalue weighted by Gasteiger charge is 2.32. The molecular weight excluding hydrogens is 472 g/mol. The van der Waals surface area contributed by atoms with E-state index < -0.39 is 5.91 Å². The van der Waals surface area contributed by atoms with Crippen molar-refractivity contribution in [2.75, 3.05) is 42.7 Å². The fraction of sp³-hybridized carbons (Fsp3) is 0.417. The topological polar surface area (TPSA) is 136 Å². The summed E-state index contributed by atoms with van der Waals surface area (Å²) in [5, 5.41) is 6.03. The Bertz CT molecular complexity index is 1220. The van der Waals surface area contributed by atoms with Crippen LogP contribution in [0.4, 0.5) is 17.3 Å². The monoisotopic (exact) mass is 498 g/mol. The minimum Gasteiger partial charge on any atom is -0.447 e. The third-order valence-electron chi connectivity index (χ3n) is 6.61. The van der Waals surface area contributed by atoms with Gasteiger partial charge in [-0.25, -0.2) is 9.97 Å². The summed E-state index contributed by atoms with van der Waals surface area (Å²) in [5.74, 6) is -0.395. The van der Waals surface area contributed by atoms with Crippen molar-refractivity contribution in [3.63, 3.8) is 0 Å². The molecule has 184 valence electrons.